The van der Waals surface area contributed by atoms with Crippen molar-refractivity contribution in [2.24, 2.45) is 5.92 Å². The first-order chi connectivity index (χ1) is 10.7. The molecule has 1 N–H and O–H groups in total. The fourth-order valence-electron chi connectivity index (χ4n) is 3.15. The maximum Gasteiger partial charge on any atom is 0.231 e. The van der Waals surface area contributed by atoms with Crippen LogP contribution >= 0.6 is 0 Å². The summed E-state index contributed by atoms with van der Waals surface area (Å²) >= 11 is 0. The van der Waals surface area contributed by atoms with Crippen LogP contribution < -0.4 is 9.47 Å². The Morgan fingerprint density at radius 3 is 3.09 bits per heavy atom. The van der Waals surface area contributed by atoms with E-state index >= 15 is 0 Å². The summed E-state index contributed by atoms with van der Waals surface area (Å²) in [7, 11) is 0. The first-order valence-corrected chi connectivity index (χ1v) is 8.07. The normalized spacial score (nSPS) is 22.7. The maximum absolute atomic E-state index is 10.1. The van der Waals surface area contributed by atoms with Gasteiger partial charge in [-0.3, -0.25) is 0 Å². The van der Waals surface area contributed by atoms with E-state index in [-0.39, 0.29) is 6.79 Å². The van der Waals surface area contributed by atoms with E-state index in [0.29, 0.717) is 19.8 Å². The molecule has 1 aromatic rings. The highest BCUT2D eigenvalue weighted by molar-refractivity contribution is 5.44. The second-order valence-corrected chi connectivity index (χ2v) is 6.36. The highest BCUT2D eigenvalue weighted by Crippen LogP contribution is 2.32. The summed E-state index contributed by atoms with van der Waals surface area (Å²) in [5, 5.41) is 10.1. The van der Waals surface area contributed by atoms with Crippen molar-refractivity contribution < 1.29 is 19.3 Å². The topological polar surface area (TPSA) is 51.2 Å². The van der Waals surface area contributed by atoms with Gasteiger partial charge in [-0.05, 0) is 43.0 Å². The lowest BCUT2D eigenvalue weighted by Crippen LogP contribution is -2.40. The van der Waals surface area contributed by atoms with Crippen LogP contribution in [0.5, 0.6) is 11.5 Å². The van der Waals surface area contributed by atoms with Crippen molar-refractivity contribution in [2.75, 3.05) is 33.0 Å². The van der Waals surface area contributed by atoms with Crippen LogP contribution in [0.15, 0.2) is 18.2 Å². The molecule has 0 radical (unpaired) electrons. The van der Waals surface area contributed by atoms with Gasteiger partial charge in [0.2, 0.25) is 6.79 Å². The molecule has 2 aliphatic rings. The fraction of sp³-hybridized carbons (Fsp3) is 0.647. The van der Waals surface area contributed by atoms with Crippen LogP contribution in [-0.2, 0) is 11.3 Å². The van der Waals surface area contributed by atoms with Crippen LogP contribution in [0.3, 0.4) is 0 Å². The van der Waals surface area contributed by atoms with Gasteiger partial charge in [0.05, 0.1) is 19.3 Å². The molecule has 22 heavy (non-hydrogen) atoms. The molecule has 0 amide bonds. The lowest BCUT2D eigenvalue weighted by atomic mass is 10.0. The van der Waals surface area contributed by atoms with Crippen LogP contribution in [0.4, 0.5) is 0 Å². The third kappa shape index (κ3) is 4.12. The molecule has 0 aliphatic carbocycles. The molecule has 5 nitrogen and oxygen atoms in total. The van der Waals surface area contributed by atoms with Crippen LogP contribution in [0.25, 0.3) is 0 Å². The van der Waals surface area contributed by atoms with Gasteiger partial charge in [-0.15, -0.1) is 0 Å². The smallest absolute Gasteiger partial charge is 0.231 e. The van der Waals surface area contributed by atoms with Gasteiger partial charge in [-0.2, -0.15) is 0 Å². The molecule has 5 heteroatoms. The zero-order valence-electron chi connectivity index (χ0n) is 13.2. The van der Waals surface area contributed by atoms with Crippen molar-refractivity contribution in [1.29, 1.82) is 0 Å². The van der Waals surface area contributed by atoms with E-state index in [1.165, 1.54) is 12.8 Å². The summed E-state index contributed by atoms with van der Waals surface area (Å²) in [6.45, 7) is 6.26. The van der Waals surface area contributed by atoms with Gasteiger partial charge in [0.1, 0.15) is 0 Å². The third-order valence-corrected chi connectivity index (χ3v) is 4.23. The van der Waals surface area contributed by atoms with Crippen molar-refractivity contribution in [1.82, 2.24) is 4.90 Å². The largest absolute Gasteiger partial charge is 0.454 e. The Hall–Kier alpha value is -1.30. The zero-order valence-corrected chi connectivity index (χ0v) is 13.2. The molecule has 0 spiro atoms. The number of hydrogen-bond acceptors (Lipinski definition) is 5. The van der Waals surface area contributed by atoms with E-state index in [0.717, 1.165) is 36.1 Å². The molecule has 2 heterocycles. The van der Waals surface area contributed by atoms with Crippen LogP contribution in [0.1, 0.15) is 25.3 Å². The molecule has 2 atom stereocenters. The predicted molar refractivity (Wildman–Crippen MR) is 83.1 cm³/mol. The highest BCUT2D eigenvalue weighted by atomic mass is 16.7. The number of aliphatic hydroxyl groups excluding tert-OH is 1. The zero-order chi connectivity index (χ0) is 15.4. The summed E-state index contributed by atoms with van der Waals surface area (Å²) in [6.07, 6.45) is 2.10. The van der Waals surface area contributed by atoms with Gasteiger partial charge in [0.15, 0.2) is 11.5 Å². The number of hydrogen-bond donors (Lipinski definition) is 1. The van der Waals surface area contributed by atoms with Crippen molar-refractivity contribution in [3.8, 4) is 11.5 Å². The van der Waals surface area contributed by atoms with Gasteiger partial charge in [-0.1, -0.05) is 13.0 Å². The van der Waals surface area contributed by atoms with E-state index in [1.807, 2.05) is 18.2 Å². The second-order valence-electron chi connectivity index (χ2n) is 6.36. The molecular weight excluding hydrogens is 282 g/mol. The number of nitrogens with zero attached hydrogens (tertiary/aromatic N) is 1. The van der Waals surface area contributed by atoms with Crippen LogP contribution in [0, 0.1) is 5.92 Å². The minimum atomic E-state index is -0.431. The molecule has 1 saturated heterocycles. The number of benzene rings is 1. The number of piperidine rings is 1. The van der Waals surface area contributed by atoms with Crippen molar-refractivity contribution in [2.45, 2.75) is 32.5 Å². The third-order valence-electron chi connectivity index (χ3n) is 4.23. The number of ether oxygens (including phenoxy) is 3. The van der Waals surface area contributed by atoms with Gasteiger partial charge in [-0.25, -0.2) is 0 Å². The summed E-state index contributed by atoms with van der Waals surface area (Å²) in [5.74, 6) is 2.28. The van der Waals surface area contributed by atoms with Crippen LogP contribution in [-0.4, -0.2) is 49.1 Å². The molecular formula is C17H25NO4. The Morgan fingerprint density at radius 1 is 1.36 bits per heavy atom. The molecule has 0 unspecified atom stereocenters. The van der Waals surface area contributed by atoms with Crippen molar-refractivity contribution in [3.05, 3.63) is 23.8 Å². The highest BCUT2D eigenvalue weighted by Gasteiger charge is 2.19. The summed E-state index contributed by atoms with van der Waals surface area (Å²) in [6, 6.07) is 5.79. The average molecular weight is 307 g/mol. The Balaban J connectivity index is 1.39. The van der Waals surface area contributed by atoms with E-state index in [1.54, 1.807) is 0 Å². The summed E-state index contributed by atoms with van der Waals surface area (Å²) in [4.78, 5) is 2.34. The minimum Gasteiger partial charge on any atom is -0.454 e. The molecule has 122 valence electrons. The number of rotatable bonds is 6. The first kappa shape index (κ1) is 15.6. The lowest BCUT2D eigenvalue weighted by Gasteiger charge is -2.32. The number of aliphatic hydroxyl groups is 1. The molecule has 3 rings (SSSR count). The van der Waals surface area contributed by atoms with Gasteiger partial charge >= 0.3 is 0 Å². The Bertz CT molecular complexity index is 494. The summed E-state index contributed by atoms with van der Waals surface area (Å²) in [5.41, 5.74) is 1.03. The van der Waals surface area contributed by atoms with Gasteiger partial charge in [0.25, 0.3) is 0 Å². The maximum atomic E-state index is 10.1. The van der Waals surface area contributed by atoms with E-state index in [9.17, 15) is 5.11 Å². The molecule has 0 bridgehead atoms. The number of likely N-dealkylation sites (tertiary alicyclic amines) is 1. The standard InChI is InChI=1S/C17H25NO4/c1-13-3-2-6-18(8-13)9-15(19)11-20-10-14-4-5-16-17(7-14)22-12-21-16/h4-5,7,13,15,19H,2-3,6,8-12H2,1H3/t13-,15-/m1/s1. The Morgan fingerprint density at radius 2 is 2.23 bits per heavy atom. The predicted octanol–water partition coefficient (Wildman–Crippen LogP) is 2.02. The molecule has 0 saturated carbocycles. The SMILES string of the molecule is C[C@@H]1CCCN(C[C@@H](O)COCc2ccc3c(c2)OCO3)C1. The van der Waals surface area contributed by atoms with E-state index in [2.05, 4.69) is 11.8 Å². The quantitative estimate of drug-likeness (QED) is 0.871. The first-order valence-electron chi connectivity index (χ1n) is 8.07. The van der Waals surface area contributed by atoms with E-state index in [4.69, 9.17) is 14.2 Å². The second kappa shape index (κ2) is 7.31. The Kier molecular flexibility index (Phi) is 5.18. The van der Waals surface area contributed by atoms with Gasteiger partial charge in [0, 0.05) is 13.1 Å². The van der Waals surface area contributed by atoms with Gasteiger partial charge < -0.3 is 24.2 Å². The molecule has 1 fully saturated rings. The number of β-amino-alcohol motifs (C(OH)–C–C–N with tert-alkyl or cyclic N) is 1. The summed E-state index contributed by atoms with van der Waals surface area (Å²) < 4.78 is 16.3. The fourth-order valence-corrected chi connectivity index (χ4v) is 3.15. The monoisotopic (exact) mass is 307 g/mol. The lowest BCUT2D eigenvalue weighted by molar-refractivity contribution is 0.00374. The molecule has 0 aromatic heterocycles. The van der Waals surface area contributed by atoms with Crippen molar-refractivity contribution in [3.63, 3.8) is 0 Å². The minimum absolute atomic E-state index is 0.284. The molecule has 1 aromatic carbocycles. The molecule has 2 aliphatic heterocycles. The van der Waals surface area contributed by atoms with Crippen molar-refractivity contribution >= 4 is 0 Å². The Labute approximate surface area is 131 Å². The van der Waals surface area contributed by atoms with E-state index < -0.39 is 6.10 Å². The van der Waals surface area contributed by atoms with Crippen LogP contribution in [0.2, 0.25) is 0 Å². The number of fused-ring (bicyclic) bond motifs is 1. The average Bonchev–Trinajstić information content (AvgIpc) is 2.95.